The van der Waals surface area contributed by atoms with Crippen LogP contribution in [0.5, 0.6) is 0 Å². The predicted octanol–water partition coefficient (Wildman–Crippen LogP) is 0.700. The Morgan fingerprint density at radius 1 is 1.18 bits per heavy atom. The highest BCUT2D eigenvalue weighted by molar-refractivity contribution is 5.95. The minimum Gasteiger partial charge on any atom is -0.384 e. The van der Waals surface area contributed by atoms with Crippen molar-refractivity contribution in [3.63, 3.8) is 0 Å². The summed E-state index contributed by atoms with van der Waals surface area (Å²) in [5.41, 5.74) is 3.26. The lowest BCUT2D eigenvalue weighted by Crippen LogP contribution is -2.46. The number of rotatable bonds is 1. The number of amides is 1. The van der Waals surface area contributed by atoms with E-state index in [0.29, 0.717) is 0 Å². The first kappa shape index (κ1) is 10.6. The monoisotopic (exact) mass is 231 g/mol. The second-order valence-electron chi connectivity index (χ2n) is 4.59. The Morgan fingerprint density at radius 3 is 2.82 bits per heavy atom. The Morgan fingerprint density at radius 2 is 2.00 bits per heavy atom. The van der Waals surface area contributed by atoms with Gasteiger partial charge in [0, 0.05) is 44.0 Å². The van der Waals surface area contributed by atoms with Crippen LogP contribution in [0.25, 0.3) is 0 Å². The van der Waals surface area contributed by atoms with Gasteiger partial charge in [-0.1, -0.05) is 6.07 Å². The summed E-state index contributed by atoms with van der Waals surface area (Å²) in [6.07, 6.45) is 1.07. The maximum absolute atomic E-state index is 12.3. The number of nitrogens with one attached hydrogen (secondary N) is 2. The van der Waals surface area contributed by atoms with Gasteiger partial charge in [0.15, 0.2) is 0 Å². The van der Waals surface area contributed by atoms with Crippen LogP contribution in [0, 0.1) is 0 Å². The fourth-order valence-electron chi connectivity index (χ4n) is 2.47. The van der Waals surface area contributed by atoms with Gasteiger partial charge in [0.1, 0.15) is 0 Å². The topological polar surface area (TPSA) is 44.4 Å². The van der Waals surface area contributed by atoms with Crippen LogP contribution in [0.4, 0.5) is 5.69 Å². The molecule has 1 aromatic rings. The van der Waals surface area contributed by atoms with Crippen LogP contribution < -0.4 is 10.6 Å². The number of anilines is 1. The number of fused-ring (bicyclic) bond motifs is 1. The molecule has 0 aromatic heterocycles. The lowest BCUT2D eigenvalue weighted by atomic mass is 10.1. The van der Waals surface area contributed by atoms with Gasteiger partial charge in [0.2, 0.25) is 0 Å². The average molecular weight is 231 g/mol. The van der Waals surface area contributed by atoms with Crippen LogP contribution in [0.15, 0.2) is 18.2 Å². The molecule has 2 heterocycles. The summed E-state index contributed by atoms with van der Waals surface area (Å²) in [7, 11) is 0. The van der Waals surface area contributed by atoms with Gasteiger partial charge in [0.25, 0.3) is 5.91 Å². The van der Waals surface area contributed by atoms with Crippen LogP contribution in [-0.4, -0.2) is 43.5 Å². The van der Waals surface area contributed by atoms with E-state index in [2.05, 4.69) is 16.7 Å². The van der Waals surface area contributed by atoms with Crippen molar-refractivity contribution in [2.24, 2.45) is 0 Å². The Kier molecular flexibility index (Phi) is 2.73. The van der Waals surface area contributed by atoms with Crippen molar-refractivity contribution in [2.75, 3.05) is 38.0 Å². The standard InChI is InChI=1S/C13H17N3O/c17-13(16-7-5-14-6-8-16)11-2-1-10-3-4-15-12(10)9-11/h1-2,9,14-15H,3-8H2. The maximum Gasteiger partial charge on any atom is 0.254 e. The number of carbonyl (C=O) groups is 1. The van der Waals surface area contributed by atoms with E-state index in [-0.39, 0.29) is 5.91 Å². The molecule has 0 spiro atoms. The molecule has 1 amide bonds. The summed E-state index contributed by atoms with van der Waals surface area (Å²) >= 11 is 0. The number of hydrogen-bond acceptors (Lipinski definition) is 3. The van der Waals surface area contributed by atoms with Crippen molar-refractivity contribution in [1.29, 1.82) is 0 Å². The van der Waals surface area contributed by atoms with E-state index in [1.807, 2.05) is 17.0 Å². The van der Waals surface area contributed by atoms with Crippen molar-refractivity contribution >= 4 is 11.6 Å². The lowest BCUT2D eigenvalue weighted by Gasteiger charge is -2.27. The Labute approximate surface area is 101 Å². The molecular formula is C13H17N3O. The molecule has 4 heteroatoms. The summed E-state index contributed by atoms with van der Waals surface area (Å²) in [5.74, 6) is 0.156. The van der Waals surface area contributed by atoms with Gasteiger partial charge in [-0.15, -0.1) is 0 Å². The van der Waals surface area contributed by atoms with E-state index in [9.17, 15) is 4.79 Å². The van der Waals surface area contributed by atoms with E-state index in [4.69, 9.17) is 0 Å². The van der Waals surface area contributed by atoms with Crippen LogP contribution in [0.1, 0.15) is 15.9 Å². The van der Waals surface area contributed by atoms with E-state index in [0.717, 1.165) is 50.4 Å². The normalized spacial score (nSPS) is 18.7. The predicted molar refractivity (Wildman–Crippen MR) is 67.4 cm³/mol. The molecule has 4 nitrogen and oxygen atoms in total. The highest BCUT2D eigenvalue weighted by Crippen LogP contribution is 2.23. The molecule has 0 atom stereocenters. The van der Waals surface area contributed by atoms with Gasteiger partial charge in [-0.25, -0.2) is 0 Å². The SMILES string of the molecule is O=C(c1ccc2c(c1)NCC2)N1CCNCC1. The molecule has 1 saturated heterocycles. The van der Waals surface area contributed by atoms with Gasteiger partial charge in [-0.2, -0.15) is 0 Å². The van der Waals surface area contributed by atoms with Crippen LogP contribution in [0.2, 0.25) is 0 Å². The summed E-state index contributed by atoms with van der Waals surface area (Å²) in [6.45, 7) is 4.40. The van der Waals surface area contributed by atoms with Crippen molar-refractivity contribution in [3.8, 4) is 0 Å². The molecular weight excluding hydrogens is 214 g/mol. The van der Waals surface area contributed by atoms with Crippen LogP contribution in [-0.2, 0) is 6.42 Å². The fourth-order valence-corrected chi connectivity index (χ4v) is 2.47. The summed E-state index contributed by atoms with van der Waals surface area (Å²) < 4.78 is 0. The first-order valence-corrected chi connectivity index (χ1v) is 6.21. The first-order valence-electron chi connectivity index (χ1n) is 6.21. The molecule has 0 aliphatic carbocycles. The number of carbonyl (C=O) groups excluding carboxylic acids is 1. The lowest BCUT2D eigenvalue weighted by molar-refractivity contribution is 0.0736. The maximum atomic E-state index is 12.3. The van der Waals surface area contributed by atoms with Crippen molar-refractivity contribution in [2.45, 2.75) is 6.42 Å². The van der Waals surface area contributed by atoms with Crippen molar-refractivity contribution in [1.82, 2.24) is 10.2 Å². The molecule has 0 bridgehead atoms. The number of benzene rings is 1. The molecule has 1 fully saturated rings. The third-order valence-electron chi connectivity index (χ3n) is 3.47. The molecule has 0 unspecified atom stereocenters. The minimum atomic E-state index is 0.156. The van der Waals surface area contributed by atoms with Gasteiger partial charge in [-0.3, -0.25) is 4.79 Å². The quantitative estimate of drug-likeness (QED) is 0.748. The third kappa shape index (κ3) is 2.00. The molecule has 2 N–H and O–H groups in total. The molecule has 0 radical (unpaired) electrons. The highest BCUT2D eigenvalue weighted by atomic mass is 16.2. The van der Waals surface area contributed by atoms with Gasteiger partial charge in [0.05, 0.1) is 0 Å². The largest absolute Gasteiger partial charge is 0.384 e. The van der Waals surface area contributed by atoms with E-state index >= 15 is 0 Å². The average Bonchev–Trinajstić information content (AvgIpc) is 2.86. The van der Waals surface area contributed by atoms with E-state index in [1.54, 1.807) is 0 Å². The van der Waals surface area contributed by atoms with Gasteiger partial charge < -0.3 is 15.5 Å². The molecule has 2 aliphatic rings. The molecule has 1 aromatic carbocycles. The van der Waals surface area contributed by atoms with Gasteiger partial charge >= 0.3 is 0 Å². The second kappa shape index (κ2) is 4.37. The van der Waals surface area contributed by atoms with Crippen LogP contribution in [0.3, 0.4) is 0 Å². The van der Waals surface area contributed by atoms with E-state index in [1.165, 1.54) is 5.56 Å². The third-order valence-corrected chi connectivity index (χ3v) is 3.47. The molecule has 0 saturated carbocycles. The first-order chi connectivity index (χ1) is 8.34. The van der Waals surface area contributed by atoms with Crippen molar-refractivity contribution in [3.05, 3.63) is 29.3 Å². The fraction of sp³-hybridized carbons (Fsp3) is 0.462. The van der Waals surface area contributed by atoms with Crippen LogP contribution >= 0.6 is 0 Å². The van der Waals surface area contributed by atoms with Gasteiger partial charge in [-0.05, 0) is 24.1 Å². The Balaban J connectivity index is 1.81. The second-order valence-corrected chi connectivity index (χ2v) is 4.59. The molecule has 90 valence electrons. The highest BCUT2D eigenvalue weighted by Gasteiger charge is 2.19. The zero-order valence-electron chi connectivity index (χ0n) is 9.83. The smallest absolute Gasteiger partial charge is 0.254 e. The Bertz CT molecular complexity index is 438. The summed E-state index contributed by atoms with van der Waals surface area (Å²) in [6, 6.07) is 6.02. The van der Waals surface area contributed by atoms with E-state index < -0.39 is 0 Å². The number of piperazine rings is 1. The van der Waals surface area contributed by atoms with Crippen molar-refractivity contribution < 1.29 is 4.79 Å². The number of hydrogen-bond donors (Lipinski definition) is 2. The number of nitrogens with zero attached hydrogens (tertiary/aromatic N) is 1. The molecule has 2 aliphatic heterocycles. The minimum absolute atomic E-state index is 0.156. The Hall–Kier alpha value is -1.55. The molecule has 3 rings (SSSR count). The zero-order valence-corrected chi connectivity index (χ0v) is 9.83. The zero-order chi connectivity index (χ0) is 11.7. The summed E-state index contributed by atoms with van der Waals surface area (Å²) in [4.78, 5) is 14.2. The summed E-state index contributed by atoms with van der Waals surface area (Å²) in [5, 5.41) is 6.57. The molecule has 17 heavy (non-hydrogen) atoms.